The Labute approximate surface area is 179 Å². The van der Waals surface area contributed by atoms with Crippen LogP contribution in [0.25, 0.3) is 0 Å². The number of halogens is 2. The Bertz CT molecular complexity index is 1140. The molecular weight excluding hydrogens is 426 g/mol. The predicted octanol–water partition coefficient (Wildman–Crippen LogP) is 3.79. The lowest BCUT2D eigenvalue weighted by Gasteiger charge is -2.28. The Morgan fingerprint density at radius 3 is 2.77 bits per heavy atom. The third-order valence-corrected chi connectivity index (χ3v) is 6.82. The highest BCUT2D eigenvalue weighted by atomic mass is 32.2. The van der Waals surface area contributed by atoms with Crippen LogP contribution in [0.15, 0.2) is 35.5 Å². The Morgan fingerprint density at radius 1 is 1.39 bits per heavy atom. The van der Waals surface area contributed by atoms with Gasteiger partial charge in [-0.3, -0.25) is 4.79 Å². The number of hydrogen-bond donors (Lipinski definition) is 2. The highest BCUT2D eigenvalue weighted by Gasteiger charge is 2.54. The minimum atomic E-state index is -3.03. The summed E-state index contributed by atoms with van der Waals surface area (Å²) in [5, 5.41) is 2.88. The standard InChI is InChI=1S/C21H24F2N4O3S/c1-3-30-19-15(5-4-14(22)18(19)23)27-12-21(7-8-21)11-16(27)20(28)26-13-6-9-25-17(10-13)31(2,24)29/h4-6,9-10,16,24H,3,7-8,11-12H2,1-2H3,(H,25,26,28)/t16?,31-/m1/s1. The molecule has 1 aliphatic carbocycles. The van der Waals surface area contributed by atoms with E-state index >= 15 is 0 Å². The summed E-state index contributed by atoms with van der Waals surface area (Å²) in [6.07, 6.45) is 5.17. The molecule has 1 saturated heterocycles. The zero-order valence-corrected chi connectivity index (χ0v) is 18.1. The summed E-state index contributed by atoms with van der Waals surface area (Å²) in [6, 6.07) is 4.86. The Balaban J connectivity index is 1.65. The quantitative estimate of drug-likeness (QED) is 0.698. The van der Waals surface area contributed by atoms with Gasteiger partial charge in [0, 0.05) is 24.7 Å². The molecule has 31 heavy (non-hydrogen) atoms. The van der Waals surface area contributed by atoms with E-state index in [1.807, 2.05) is 0 Å². The summed E-state index contributed by atoms with van der Waals surface area (Å²) < 4.78 is 53.3. The molecular formula is C21H24F2N4O3S. The number of benzene rings is 1. The van der Waals surface area contributed by atoms with Gasteiger partial charge in [0.15, 0.2) is 11.6 Å². The summed E-state index contributed by atoms with van der Waals surface area (Å²) in [5.41, 5.74) is 0.713. The van der Waals surface area contributed by atoms with E-state index in [1.54, 1.807) is 17.9 Å². The van der Waals surface area contributed by atoms with Gasteiger partial charge in [0.1, 0.15) is 11.1 Å². The molecule has 0 radical (unpaired) electrons. The highest BCUT2D eigenvalue weighted by Crippen LogP contribution is 2.56. The van der Waals surface area contributed by atoms with Gasteiger partial charge in [-0.15, -0.1) is 0 Å². The average Bonchev–Trinajstić information content (AvgIpc) is 3.36. The highest BCUT2D eigenvalue weighted by molar-refractivity contribution is 7.91. The van der Waals surface area contributed by atoms with E-state index in [4.69, 9.17) is 9.52 Å². The molecule has 1 saturated carbocycles. The first kappa shape index (κ1) is 21.5. The van der Waals surface area contributed by atoms with Gasteiger partial charge in [-0.2, -0.15) is 4.39 Å². The van der Waals surface area contributed by atoms with Gasteiger partial charge in [0.2, 0.25) is 11.7 Å². The van der Waals surface area contributed by atoms with E-state index < -0.39 is 27.4 Å². The van der Waals surface area contributed by atoms with Crippen molar-refractivity contribution in [1.29, 1.82) is 4.78 Å². The van der Waals surface area contributed by atoms with E-state index in [2.05, 4.69) is 10.3 Å². The normalized spacial score (nSPS) is 21.0. The van der Waals surface area contributed by atoms with Crippen molar-refractivity contribution in [2.45, 2.75) is 37.3 Å². The van der Waals surface area contributed by atoms with Crippen LogP contribution in [0, 0.1) is 21.8 Å². The molecule has 1 unspecified atom stereocenters. The van der Waals surface area contributed by atoms with Crippen LogP contribution < -0.4 is 15.0 Å². The van der Waals surface area contributed by atoms with Gasteiger partial charge in [-0.05, 0) is 55.9 Å². The third kappa shape index (κ3) is 4.21. The minimum absolute atomic E-state index is 0.0152. The molecule has 1 aromatic heterocycles. The number of hydrogen-bond acceptors (Lipinski definition) is 6. The first-order valence-corrected chi connectivity index (χ1v) is 12.0. The lowest BCUT2D eigenvalue weighted by molar-refractivity contribution is -0.117. The van der Waals surface area contributed by atoms with Crippen molar-refractivity contribution in [1.82, 2.24) is 4.98 Å². The first-order chi connectivity index (χ1) is 14.6. The maximum Gasteiger partial charge on any atom is 0.247 e. The number of ether oxygens (including phenoxy) is 1. The van der Waals surface area contributed by atoms with Crippen molar-refractivity contribution >= 4 is 27.0 Å². The van der Waals surface area contributed by atoms with Crippen LogP contribution in [-0.2, 0) is 14.5 Å². The van der Waals surface area contributed by atoms with Crippen LogP contribution >= 0.6 is 0 Å². The van der Waals surface area contributed by atoms with Gasteiger partial charge in [-0.1, -0.05) is 0 Å². The zero-order chi connectivity index (χ0) is 22.4. The second kappa shape index (κ2) is 7.74. The lowest BCUT2D eigenvalue weighted by Crippen LogP contribution is -2.40. The van der Waals surface area contributed by atoms with Crippen molar-refractivity contribution in [3.05, 3.63) is 42.1 Å². The Morgan fingerprint density at radius 2 is 2.13 bits per heavy atom. The average molecular weight is 451 g/mol. The first-order valence-electron chi connectivity index (χ1n) is 10.0. The SMILES string of the molecule is CCOc1c(N2CC3(CC3)CC2C(=O)Nc2ccnc([S@](C)(=N)=O)c2)ccc(F)c1F. The van der Waals surface area contributed by atoms with Crippen molar-refractivity contribution in [2.24, 2.45) is 5.41 Å². The third-order valence-electron chi connectivity index (χ3n) is 5.80. The van der Waals surface area contributed by atoms with E-state index in [1.165, 1.54) is 24.6 Å². The molecule has 0 bridgehead atoms. The number of nitrogens with one attached hydrogen (secondary N) is 2. The number of rotatable bonds is 6. The zero-order valence-electron chi connectivity index (χ0n) is 17.3. The van der Waals surface area contributed by atoms with Gasteiger partial charge in [0.05, 0.1) is 22.0 Å². The summed E-state index contributed by atoms with van der Waals surface area (Å²) in [7, 11) is -3.03. The molecule has 1 spiro atoms. The molecule has 1 aliphatic heterocycles. The molecule has 2 heterocycles. The predicted molar refractivity (Wildman–Crippen MR) is 113 cm³/mol. The topological polar surface area (TPSA) is 95.4 Å². The molecule has 166 valence electrons. The van der Waals surface area contributed by atoms with Gasteiger partial charge in [-0.25, -0.2) is 18.4 Å². The summed E-state index contributed by atoms with van der Waals surface area (Å²) in [5.74, 6) is -2.58. The second-order valence-corrected chi connectivity index (χ2v) is 10.3. The van der Waals surface area contributed by atoms with E-state index in [9.17, 15) is 17.8 Å². The molecule has 2 aliphatic rings. The molecule has 2 fully saturated rings. The lowest BCUT2D eigenvalue weighted by atomic mass is 10.0. The number of pyridine rings is 1. The fraction of sp³-hybridized carbons (Fsp3) is 0.429. The van der Waals surface area contributed by atoms with Crippen LogP contribution in [0.5, 0.6) is 5.75 Å². The summed E-state index contributed by atoms with van der Waals surface area (Å²) in [4.78, 5) is 18.9. The van der Waals surface area contributed by atoms with Crippen molar-refractivity contribution < 1.29 is 22.5 Å². The maximum atomic E-state index is 14.5. The molecule has 2 N–H and O–H groups in total. The molecule has 1 amide bonds. The molecule has 2 aromatic rings. The number of anilines is 2. The fourth-order valence-electron chi connectivity index (χ4n) is 4.04. The largest absolute Gasteiger partial charge is 0.489 e. The molecule has 1 aromatic carbocycles. The Kier molecular flexibility index (Phi) is 5.36. The summed E-state index contributed by atoms with van der Waals surface area (Å²) in [6.45, 7) is 2.39. The van der Waals surface area contributed by atoms with Crippen LogP contribution in [-0.4, -0.2) is 40.5 Å². The van der Waals surface area contributed by atoms with Crippen molar-refractivity contribution in [3.63, 3.8) is 0 Å². The van der Waals surface area contributed by atoms with Crippen molar-refractivity contribution in [3.8, 4) is 5.75 Å². The fourth-order valence-corrected chi connectivity index (χ4v) is 4.65. The smallest absolute Gasteiger partial charge is 0.247 e. The van der Waals surface area contributed by atoms with Gasteiger partial charge < -0.3 is 15.0 Å². The van der Waals surface area contributed by atoms with Gasteiger partial charge >= 0.3 is 0 Å². The van der Waals surface area contributed by atoms with Crippen LogP contribution in [0.3, 0.4) is 0 Å². The summed E-state index contributed by atoms with van der Waals surface area (Å²) >= 11 is 0. The second-order valence-electron chi connectivity index (χ2n) is 8.21. The van der Waals surface area contributed by atoms with E-state index in [0.29, 0.717) is 24.3 Å². The van der Waals surface area contributed by atoms with Crippen molar-refractivity contribution in [2.75, 3.05) is 29.6 Å². The molecule has 7 nitrogen and oxygen atoms in total. The number of aromatic nitrogens is 1. The number of carbonyl (C=O) groups is 1. The van der Waals surface area contributed by atoms with Crippen LogP contribution in [0.4, 0.5) is 20.2 Å². The van der Waals surface area contributed by atoms with Crippen LogP contribution in [0.1, 0.15) is 26.2 Å². The van der Waals surface area contributed by atoms with E-state index in [-0.39, 0.29) is 28.7 Å². The minimum Gasteiger partial charge on any atom is -0.489 e. The number of carbonyl (C=O) groups excluding carboxylic acids is 1. The molecule has 4 rings (SSSR count). The monoisotopic (exact) mass is 450 g/mol. The number of amides is 1. The van der Waals surface area contributed by atoms with Gasteiger partial charge in [0.25, 0.3) is 0 Å². The number of nitrogens with zero attached hydrogens (tertiary/aromatic N) is 2. The van der Waals surface area contributed by atoms with E-state index in [0.717, 1.165) is 18.9 Å². The molecule has 2 atom stereocenters. The maximum absolute atomic E-state index is 14.5. The Hall–Kier alpha value is -2.75. The molecule has 10 heteroatoms. The van der Waals surface area contributed by atoms with Crippen LogP contribution in [0.2, 0.25) is 0 Å².